The van der Waals surface area contributed by atoms with Crippen molar-refractivity contribution in [1.82, 2.24) is 9.97 Å². The fourth-order valence-corrected chi connectivity index (χ4v) is 1.56. The molecule has 16 heavy (non-hydrogen) atoms. The van der Waals surface area contributed by atoms with Gasteiger partial charge in [-0.2, -0.15) is 0 Å². The van der Waals surface area contributed by atoms with Gasteiger partial charge in [-0.1, -0.05) is 5.16 Å². The molecule has 0 aliphatic heterocycles. The van der Waals surface area contributed by atoms with Crippen LogP contribution in [0.4, 0.5) is 5.95 Å². The minimum absolute atomic E-state index is 0.238. The highest BCUT2D eigenvalue weighted by Gasteiger charge is 2.30. The molecule has 0 radical (unpaired) electrons. The van der Waals surface area contributed by atoms with E-state index in [1.807, 2.05) is 0 Å². The van der Waals surface area contributed by atoms with E-state index in [1.54, 1.807) is 18.5 Å². The maximum Gasteiger partial charge on any atom is 0.225 e. The first-order valence-electron chi connectivity index (χ1n) is 5.31. The van der Waals surface area contributed by atoms with E-state index in [2.05, 4.69) is 20.0 Å². The van der Waals surface area contributed by atoms with Crippen LogP contribution in [0.15, 0.2) is 23.6 Å². The Kier molecular flexibility index (Phi) is 3.19. The lowest BCUT2D eigenvalue weighted by Crippen LogP contribution is -2.31. The van der Waals surface area contributed by atoms with Gasteiger partial charge in [0.05, 0.1) is 0 Å². The molecule has 1 aliphatic rings. The Hall–Kier alpha value is -1.85. The number of nitrogens with zero attached hydrogens (tertiary/aromatic N) is 4. The average molecular weight is 221 g/mol. The second-order valence-electron chi connectivity index (χ2n) is 3.81. The van der Waals surface area contributed by atoms with Gasteiger partial charge in [0.25, 0.3) is 0 Å². The van der Waals surface area contributed by atoms with E-state index in [0.29, 0.717) is 19.0 Å². The normalized spacial score (nSPS) is 16.1. The molecule has 0 aromatic carbocycles. The first kappa shape index (κ1) is 10.7. The molecule has 2 rings (SSSR count). The van der Waals surface area contributed by atoms with Crippen molar-refractivity contribution in [3.8, 4) is 0 Å². The summed E-state index contributed by atoms with van der Waals surface area (Å²) in [7, 11) is 0. The number of amidine groups is 1. The second-order valence-corrected chi connectivity index (χ2v) is 3.81. The van der Waals surface area contributed by atoms with Crippen molar-refractivity contribution in [1.29, 1.82) is 0 Å². The molecule has 1 aromatic rings. The maximum absolute atomic E-state index is 8.49. The number of hydrogen-bond donors (Lipinski definition) is 2. The van der Waals surface area contributed by atoms with Gasteiger partial charge < -0.3 is 15.8 Å². The SMILES string of the molecule is NC(CCN(c1ncccn1)C1CC1)=NO. The number of anilines is 1. The molecule has 0 spiro atoms. The van der Waals surface area contributed by atoms with Crippen molar-refractivity contribution < 1.29 is 5.21 Å². The summed E-state index contributed by atoms with van der Waals surface area (Å²) in [6, 6.07) is 2.30. The minimum Gasteiger partial charge on any atom is -0.409 e. The van der Waals surface area contributed by atoms with Crippen molar-refractivity contribution in [3.05, 3.63) is 18.5 Å². The highest BCUT2D eigenvalue weighted by atomic mass is 16.4. The topological polar surface area (TPSA) is 87.6 Å². The van der Waals surface area contributed by atoms with Crippen LogP contribution in [0.2, 0.25) is 0 Å². The third-order valence-electron chi connectivity index (χ3n) is 2.53. The van der Waals surface area contributed by atoms with Gasteiger partial charge in [0, 0.05) is 31.4 Å². The molecule has 0 atom stereocenters. The molecule has 1 saturated carbocycles. The first-order chi connectivity index (χ1) is 7.81. The van der Waals surface area contributed by atoms with E-state index in [4.69, 9.17) is 10.9 Å². The van der Waals surface area contributed by atoms with Crippen LogP contribution in [0, 0.1) is 0 Å². The Labute approximate surface area is 93.8 Å². The van der Waals surface area contributed by atoms with Gasteiger partial charge >= 0.3 is 0 Å². The highest BCUT2D eigenvalue weighted by Crippen LogP contribution is 2.29. The Balaban J connectivity index is 2.01. The fourth-order valence-electron chi connectivity index (χ4n) is 1.56. The third-order valence-corrected chi connectivity index (χ3v) is 2.53. The standard InChI is InChI=1S/C10H15N5O/c11-9(14-16)4-7-15(8-2-3-8)10-12-5-1-6-13-10/h1,5-6,8,16H,2-4,7H2,(H2,11,14). The second kappa shape index (κ2) is 4.78. The van der Waals surface area contributed by atoms with Gasteiger partial charge in [0.2, 0.25) is 5.95 Å². The molecule has 0 bridgehead atoms. The lowest BCUT2D eigenvalue weighted by Gasteiger charge is -2.21. The molecule has 1 aromatic heterocycles. The highest BCUT2D eigenvalue weighted by molar-refractivity contribution is 5.80. The maximum atomic E-state index is 8.49. The van der Waals surface area contributed by atoms with Gasteiger partial charge in [-0.05, 0) is 18.9 Å². The molecular formula is C10H15N5O. The third kappa shape index (κ3) is 2.59. The van der Waals surface area contributed by atoms with Crippen LogP contribution in [0.1, 0.15) is 19.3 Å². The number of hydrogen-bond acceptors (Lipinski definition) is 5. The summed E-state index contributed by atoms with van der Waals surface area (Å²) >= 11 is 0. The quantitative estimate of drug-likeness (QED) is 0.329. The van der Waals surface area contributed by atoms with E-state index in [1.165, 1.54) is 0 Å². The van der Waals surface area contributed by atoms with Crippen molar-refractivity contribution in [3.63, 3.8) is 0 Å². The number of oxime groups is 1. The Morgan fingerprint density at radius 2 is 2.19 bits per heavy atom. The van der Waals surface area contributed by atoms with Crippen LogP contribution in [0.5, 0.6) is 0 Å². The van der Waals surface area contributed by atoms with Crippen LogP contribution in [0.25, 0.3) is 0 Å². The van der Waals surface area contributed by atoms with E-state index in [0.717, 1.165) is 18.8 Å². The fraction of sp³-hybridized carbons (Fsp3) is 0.500. The zero-order valence-corrected chi connectivity index (χ0v) is 8.95. The molecule has 1 aliphatic carbocycles. The molecule has 86 valence electrons. The summed E-state index contributed by atoms with van der Waals surface area (Å²) < 4.78 is 0. The molecule has 3 N–H and O–H groups in total. The minimum atomic E-state index is 0.238. The number of rotatable bonds is 5. The summed E-state index contributed by atoms with van der Waals surface area (Å²) in [6.45, 7) is 0.685. The molecular weight excluding hydrogens is 206 g/mol. The van der Waals surface area contributed by atoms with E-state index < -0.39 is 0 Å². The molecule has 6 heteroatoms. The van der Waals surface area contributed by atoms with Crippen LogP contribution in [-0.2, 0) is 0 Å². The predicted octanol–water partition coefficient (Wildman–Crippen LogP) is 0.582. The summed E-state index contributed by atoms with van der Waals surface area (Å²) in [5, 5.41) is 11.4. The zero-order valence-electron chi connectivity index (χ0n) is 8.95. The Morgan fingerprint density at radius 1 is 1.50 bits per heavy atom. The molecule has 1 fully saturated rings. The predicted molar refractivity (Wildman–Crippen MR) is 60.4 cm³/mol. The van der Waals surface area contributed by atoms with Gasteiger partial charge in [-0.25, -0.2) is 9.97 Å². The van der Waals surface area contributed by atoms with Crippen molar-refractivity contribution in [2.24, 2.45) is 10.9 Å². The van der Waals surface area contributed by atoms with Crippen molar-refractivity contribution >= 4 is 11.8 Å². The van der Waals surface area contributed by atoms with Crippen molar-refractivity contribution in [2.75, 3.05) is 11.4 Å². The van der Waals surface area contributed by atoms with Gasteiger partial charge in [-0.3, -0.25) is 0 Å². The van der Waals surface area contributed by atoms with Gasteiger partial charge in [0.15, 0.2) is 0 Å². The van der Waals surface area contributed by atoms with Crippen LogP contribution in [0.3, 0.4) is 0 Å². The van der Waals surface area contributed by atoms with E-state index in [-0.39, 0.29) is 5.84 Å². The first-order valence-corrected chi connectivity index (χ1v) is 5.31. The lowest BCUT2D eigenvalue weighted by molar-refractivity contribution is 0.317. The van der Waals surface area contributed by atoms with Crippen LogP contribution < -0.4 is 10.6 Å². The van der Waals surface area contributed by atoms with Crippen molar-refractivity contribution in [2.45, 2.75) is 25.3 Å². The Bertz CT molecular complexity index is 363. The van der Waals surface area contributed by atoms with Crippen LogP contribution >= 0.6 is 0 Å². The summed E-state index contributed by atoms with van der Waals surface area (Å²) in [5.74, 6) is 0.956. The van der Waals surface area contributed by atoms with Crippen LogP contribution in [-0.4, -0.2) is 33.6 Å². The van der Waals surface area contributed by atoms with Gasteiger partial charge in [0.1, 0.15) is 5.84 Å². The van der Waals surface area contributed by atoms with E-state index >= 15 is 0 Å². The van der Waals surface area contributed by atoms with E-state index in [9.17, 15) is 0 Å². The molecule has 0 amide bonds. The van der Waals surface area contributed by atoms with Gasteiger partial charge in [-0.15, -0.1) is 0 Å². The number of aromatic nitrogens is 2. The zero-order chi connectivity index (χ0) is 11.4. The smallest absolute Gasteiger partial charge is 0.225 e. The molecule has 0 saturated heterocycles. The number of nitrogens with two attached hydrogens (primary N) is 1. The summed E-state index contributed by atoms with van der Waals surface area (Å²) in [5.41, 5.74) is 5.45. The summed E-state index contributed by atoms with van der Waals surface area (Å²) in [4.78, 5) is 10.5. The monoisotopic (exact) mass is 221 g/mol. The molecule has 1 heterocycles. The molecule has 0 unspecified atom stereocenters. The average Bonchev–Trinajstić information content (AvgIpc) is 3.15. The Morgan fingerprint density at radius 3 is 2.75 bits per heavy atom. The lowest BCUT2D eigenvalue weighted by atomic mass is 10.3. The summed E-state index contributed by atoms with van der Waals surface area (Å²) in [6.07, 6.45) is 6.29. The molecule has 6 nitrogen and oxygen atoms in total. The largest absolute Gasteiger partial charge is 0.409 e.